The third kappa shape index (κ3) is 5.03. The van der Waals surface area contributed by atoms with E-state index < -0.39 is 0 Å². The lowest BCUT2D eigenvalue weighted by molar-refractivity contribution is 0.102. The summed E-state index contributed by atoms with van der Waals surface area (Å²) < 4.78 is 1.91. The van der Waals surface area contributed by atoms with Gasteiger partial charge in [-0.05, 0) is 37.5 Å². The molecule has 0 aliphatic rings. The fourth-order valence-electron chi connectivity index (χ4n) is 2.49. The first-order valence-corrected chi connectivity index (χ1v) is 8.84. The van der Waals surface area contributed by atoms with Crippen LogP contribution in [0.5, 0.6) is 0 Å². The normalized spacial score (nSPS) is 11.4. The summed E-state index contributed by atoms with van der Waals surface area (Å²) in [5.74, 6) is 0.0375. The summed E-state index contributed by atoms with van der Waals surface area (Å²) in [5, 5.41) is 9.26. The Bertz CT molecular complexity index is 732. The lowest BCUT2D eigenvalue weighted by atomic mass is 10.1. The first kappa shape index (κ1) is 20.6. The monoisotopic (exact) mass is 368 g/mol. The topological polar surface area (TPSA) is 54.6 Å². The average molecular weight is 369 g/mol. The maximum absolute atomic E-state index is 11.7. The maximum Gasteiger partial charge on any atom is 0.190 e. The fraction of sp³-hybridized carbons (Fsp3) is 0.444. The number of aliphatic hydroxyl groups is 1. The molecule has 0 amide bonds. The SMILES string of the molecule is CCCCc1ccc(/N=c2\sc(C(C)=O)c(C)n2CCO)cc1.Cl. The molecular weight excluding hydrogens is 344 g/mol. The van der Waals surface area contributed by atoms with Crippen LogP contribution in [0.1, 0.15) is 47.6 Å². The molecule has 4 nitrogen and oxygen atoms in total. The van der Waals surface area contributed by atoms with E-state index in [4.69, 9.17) is 0 Å². The van der Waals surface area contributed by atoms with E-state index in [1.807, 2.05) is 23.6 Å². The molecule has 6 heteroatoms. The smallest absolute Gasteiger partial charge is 0.190 e. The van der Waals surface area contributed by atoms with Crippen molar-refractivity contribution in [2.75, 3.05) is 6.61 Å². The number of carbonyl (C=O) groups excluding carboxylic acids is 1. The Morgan fingerprint density at radius 2 is 1.96 bits per heavy atom. The Morgan fingerprint density at radius 1 is 1.29 bits per heavy atom. The Labute approximate surface area is 153 Å². The molecule has 0 atom stereocenters. The highest BCUT2D eigenvalue weighted by atomic mass is 35.5. The maximum atomic E-state index is 11.7. The summed E-state index contributed by atoms with van der Waals surface area (Å²) in [4.78, 5) is 17.8. The molecule has 1 aromatic carbocycles. The van der Waals surface area contributed by atoms with E-state index in [9.17, 15) is 9.90 Å². The number of aromatic nitrogens is 1. The van der Waals surface area contributed by atoms with E-state index in [0.29, 0.717) is 11.4 Å². The van der Waals surface area contributed by atoms with Crippen molar-refractivity contribution >= 4 is 35.2 Å². The number of Topliss-reactive ketones (excluding diaryl/α,β-unsaturated/α-hetero) is 1. The van der Waals surface area contributed by atoms with Crippen molar-refractivity contribution < 1.29 is 9.90 Å². The van der Waals surface area contributed by atoms with Crippen molar-refractivity contribution in [3.8, 4) is 0 Å². The van der Waals surface area contributed by atoms with Gasteiger partial charge in [-0.25, -0.2) is 4.99 Å². The van der Waals surface area contributed by atoms with Crippen molar-refractivity contribution in [3.63, 3.8) is 0 Å². The van der Waals surface area contributed by atoms with E-state index in [0.717, 1.165) is 22.6 Å². The summed E-state index contributed by atoms with van der Waals surface area (Å²) in [7, 11) is 0. The Hall–Kier alpha value is -1.43. The standard InChI is InChI=1S/C18H24N2O2S.ClH/c1-4-5-6-15-7-9-16(10-8-15)19-18-20(11-12-21)13(2)17(23-18)14(3)22;/h7-10,21H,4-6,11-12H2,1-3H3;1H/b19-18-;. The van der Waals surface area contributed by atoms with Crippen LogP contribution in [0.4, 0.5) is 5.69 Å². The van der Waals surface area contributed by atoms with Crippen LogP contribution in [0.15, 0.2) is 29.3 Å². The third-order valence-electron chi connectivity index (χ3n) is 3.78. The summed E-state index contributed by atoms with van der Waals surface area (Å²) in [6.45, 7) is 6.13. The van der Waals surface area contributed by atoms with Gasteiger partial charge in [0.1, 0.15) is 0 Å². The van der Waals surface area contributed by atoms with E-state index in [-0.39, 0.29) is 24.8 Å². The molecular formula is C18H25ClN2O2S. The summed E-state index contributed by atoms with van der Waals surface area (Å²) >= 11 is 1.38. The molecule has 132 valence electrons. The minimum atomic E-state index is 0. The zero-order valence-electron chi connectivity index (χ0n) is 14.4. The summed E-state index contributed by atoms with van der Waals surface area (Å²) in [6, 6.07) is 8.24. The van der Waals surface area contributed by atoms with Gasteiger partial charge in [-0.3, -0.25) is 4.79 Å². The molecule has 0 saturated heterocycles. The molecule has 0 radical (unpaired) electrons. The van der Waals surface area contributed by atoms with Gasteiger partial charge in [0, 0.05) is 19.2 Å². The fourth-order valence-corrected chi connectivity index (χ4v) is 3.56. The summed E-state index contributed by atoms with van der Waals surface area (Å²) in [5.41, 5.74) is 3.06. The van der Waals surface area contributed by atoms with Crippen LogP contribution in [0.25, 0.3) is 0 Å². The lowest BCUT2D eigenvalue weighted by Crippen LogP contribution is -2.18. The largest absolute Gasteiger partial charge is 0.395 e. The van der Waals surface area contributed by atoms with Crippen LogP contribution in [0.2, 0.25) is 0 Å². The van der Waals surface area contributed by atoms with Crippen LogP contribution in [-0.4, -0.2) is 22.1 Å². The number of rotatable bonds is 7. The lowest BCUT2D eigenvalue weighted by Gasteiger charge is -2.04. The number of hydrogen-bond acceptors (Lipinski definition) is 4. The highest BCUT2D eigenvalue weighted by molar-refractivity contribution is 7.11. The van der Waals surface area contributed by atoms with E-state index in [1.165, 1.54) is 29.7 Å². The number of carbonyl (C=O) groups is 1. The number of hydrogen-bond donors (Lipinski definition) is 1. The van der Waals surface area contributed by atoms with Gasteiger partial charge in [-0.15, -0.1) is 12.4 Å². The second-order valence-corrected chi connectivity index (χ2v) is 6.59. The highest BCUT2D eigenvalue weighted by Gasteiger charge is 2.13. The van der Waals surface area contributed by atoms with Crippen molar-refractivity contribution in [2.24, 2.45) is 4.99 Å². The molecule has 0 unspecified atom stereocenters. The van der Waals surface area contributed by atoms with Crippen molar-refractivity contribution in [2.45, 2.75) is 46.6 Å². The molecule has 0 aliphatic carbocycles. The number of nitrogens with zero attached hydrogens (tertiary/aromatic N) is 2. The zero-order valence-corrected chi connectivity index (χ0v) is 16.0. The Balaban J connectivity index is 0.00000288. The van der Waals surface area contributed by atoms with Gasteiger partial charge >= 0.3 is 0 Å². The van der Waals surface area contributed by atoms with Crippen molar-refractivity contribution in [1.82, 2.24) is 4.57 Å². The number of benzene rings is 1. The van der Waals surface area contributed by atoms with Crippen LogP contribution < -0.4 is 4.80 Å². The predicted molar refractivity (Wildman–Crippen MR) is 102 cm³/mol. The van der Waals surface area contributed by atoms with Crippen LogP contribution in [0, 0.1) is 6.92 Å². The molecule has 0 fully saturated rings. The van der Waals surface area contributed by atoms with E-state index in [1.54, 1.807) is 6.92 Å². The van der Waals surface area contributed by atoms with Crippen LogP contribution >= 0.6 is 23.7 Å². The molecule has 2 rings (SSSR count). The first-order valence-electron chi connectivity index (χ1n) is 8.02. The van der Waals surface area contributed by atoms with Gasteiger partial charge in [-0.2, -0.15) is 0 Å². The quantitative estimate of drug-likeness (QED) is 0.749. The second-order valence-electron chi connectivity index (χ2n) is 5.61. The molecule has 2 aromatic rings. The van der Waals surface area contributed by atoms with Gasteiger partial charge < -0.3 is 9.67 Å². The molecule has 1 N–H and O–H groups in total. The van der Waals surface area contributed by atoms with Gasteiger partial charge in [0.2, 0.25) is 0 Å². The number of thiazole rings is 1. The zero-order chi connectivity index (χ0) is 16.8. The first-order chi connectivity index (χ1) is 11.1. The molecule has 0 saturated carbocycles. The summed E-state index contributed by atoms with van der Waals surface area (Å²) in [6.07, 6.45) is 3.47. The number of aliphatic hydroxyl groups excluding tert-OH is 1. The average Bonchev–Trinajstić information content (AvgIpc) is 2.84. The predicted octanol–water partition coefficient (Wildman–Crippen LogP) is 4.05. The third-order valence-corrected chi connectivity index (χ3v) is 5.06. The number of ketones is 1. The molecule has 0 bridgehead atoms. The van der Waals surface area contributed by atoms with E-state index >= 15 is 0 Å². The second kappa shape index (κ2) is 9.77. The Morgan fingerprint density at radius 3 is 2.50 bits per heavy atom. The Kier molecular flexibility index (Phi) is 8.39. The molecule has 1 heterocycles. The molecule has 24 heavy (non-hydrogen) atoms. The number of unbranched alkanes of at least 4 members (excludes halogenated alkanes) is 1. The van der Waals surface area contributed by atoms with Crippen molar-refractivity contribution in [1.29, 1.82) is 0 Å². The van der Waals surface area contributed by atoms with Crippen LogP contribution in [0.3, 0.4) is 0 Å². The van der Waals surface area contributed by atoms with Gasteiger partial charge in [0.25, 0.3) is 0 Å². The number of halogens is 1. The van der Waals surface area contributed by atoms with Crippen LogP contribution in [-0.2, 0) is 13.0 Å². The minimum Gasteiger partial charge on any atom is -0.395 e. The van der Waals surface area contributed by atoms with Gasteiger partial charge in [0.05, 0.1) is 17.2 Å². The molecule has 0 aliphatic heterocycles. The molecule has 1 aromatic heterocycles. The highest BCUT2D eigenvalue weighted by Crippen LogP contribution is 2.17. The minimum absolute atomic E-state index is 0. The molecule has 0 spiro atoms. The van der Waals surface area contributed by atoms with Gasteiger partial charge in [-0.1, -0.05) is 36.8 Å². The van der Waals surface area contributed by atoms with Gasteiger partial charge in [0.15, 0.2) is 10.6 Å². The van der Waals surface area contributed by atoms with E-state index in [2.05, 4.69) is 24.0 Å². The number of aryl methyl sites for hydroxylation is 1. The van der Waals surface area contributed by atoms with Crippen molar-refractivity contribution in [3.05, 3.63) is 45.2 Å².